The minimum absolute atomic E-state index is 0.0344. The van der Waals surface area contributed by atoms with E-state index in [1.165, 1.54) is 6.42 Å². The van der Waals surface area contributed by atoms with E-state index < -0.39 is 0 Å². The molecular formula is C16H36N2. The lowest BCUT2D eigenvalue weighted by atomic mass is 9.86. The van der Waals surface area contributed by atoms with E-state index in [-0.39, 0.29) is 11.1 Å². The van der Waals surface area contributed by atoms with E-state index in [4.69, 9.17) is 0 Å². The summed E-state index contributed by atoms with van der Waals surface area (Å²) in [5.74, 6) is 0.843. The molecule has 0 bridgehead atoms. The Bertz CT molecular complexity index is 215. The molecule has 0 aliphatic heterocycles. The van der Waals surface area contributed by atoms with Crippen LogP contribution in [-0.2, 0) is 0 Å². The minimum Gasteiger partial charge on any atom is -0.188 e. The smallest absolute Gasteiger partial charge is 0.0732 e. The predicted octanol–water partition coefficient (Wildman–Crippen LogP) is 6.11. The third-order valence-corrected chi connectivity index (χ3v) is 1.67. The van der Waals surface area contributed by atoms with E-state index in [0.29, 0.717) is 5.41 Å². The lowest BCUT2D eigenvalue weighted by molar-refractivity contribution is 0.320. The minimum atomic E-state index is -0.0344. The maximum absolute atomic E-state index is 4.15. The van der Waals surface area contributed by atoms with Crippen molar-refractivity contribution in [3.05, 3.63) is 0 Å². The summed E-state index contributed by atoms with van der Waals surface area (Å²) in [7, 11) is 0. The summed E-state index contributed by atoms with van der Waals surface area (Å²) in [6.07, 6.45) is 1.33. The van der Waals surface area contributed by atoms with Crippen LogP contribution in [0.5, 0.6) is 0 Å². The van der Waals surface area contributed by atoms with Crippen molar-refractivity contribution in [3.63, 3.8) is 0 Å². The summed E-state index contributed by atoms with van der Waals surface area (Å²) in [4.78, 5) is 0. The van der Waals surface area contributed by atoms with E-state index in [1.807, 2.05) is 41.5 Å². The van der Waals surface area contributed by atoms with Crippen LogP contribution in [0.3, 0.4) is 0 Å². The van der Waals surface area contributed by atoms with Crippen LogP contribution in [0.15, 0.2) is 10.2 Å². The zero-order valence-electron chi connectivity index (χ0n) is 14.7. The van der Waals surface area contributed by atoms with Gasteiger partial charge in [0.1, 0.15) is 0 Å². The second kappa shape index (κ2) is 7.25. The topological polar surface area (TPSA) is 24.7 Å². The van der Waals surface area contributed by atoms with Crippen molar-refractivity contribution in [1.29, 1.82) is 0 Å². The standard InChI is InChI=1S/C8H18N2.C8H18/c1-7(2,3)9-10-8(4,5)6;1-7(2)6-8(3,4)5/h1-6H3;7H,6H2,1-5H3. The van der Waals surface area contributed by atoms with Gasteiger partial charge in [-0.15, -0.1) is 0 Å². The quantitative estimate of drug-likeness (QED) is 0.505. The summed E-state index contributed by atoms with van der Waals surface area (Å²) in [5.41, 5.74) is 0.453. The lowest BCUT2D eigenvalue weighted by Crippen LogP contribution is -2.14. The van der Waals surface area contributed by atoms with Gasteiger partial charge >= 0.3 is 0 Å². The van der Waals surface area contributed by atoms with Gasteiger partial charge in [-0.2, -0.15) is 10.2 Å². The van der Waals surface area contributed by atoms with Crippen LogP contribution < -0.4 is 0 Å². The van der Waals surface area contributed by atoms with Crippen LogP contribution in [-0.4, -0.2) is 11.1 Å². The third-order valence-electron chi connectivity index (χ3n) is 1.67. The first kappa shape index (κ1) is 19.9. The number of hydrogen-bond acceptors (Lipinski definition) is 2. The molecule has 0 aliphatic rings. The molecule has 0 atom stereocenters. The number of rotatable bonds is 1. The highest BCUT2D eigenvalue weighted by molar-refractivity contribution is 4.72. The van der Waals surface area contributed by atoms with Crippen molar-refractivity contribution in [2.75, 3.05) is 0 Å². The second-order valence-electron chi connectivity index (χ2n) is 8.70. The van der Waals surface area contributed by atoms with Crippen LogP contribution in [0.25, 0.3) is 0 Å². The van der Waals surface area contributed by atoms with E-state index in [1.54, 1.807) is 0 Å². The van der Waals surface area contributed by atoms with Crippen molar-refractivity contribution in [2.24, 2.45) is 21.6 Å². The summed E-state index contributed by atoms with van der Waals surface area (Å²) in [6, 6.07) is 0. The Kier molecular flexibility index (Phi) is 8.03. The SMILES string of the molecule is CC(C)(C)N=NC(C)(C)C.CC(C)CC(C)(C)C. The first-order valence-corrected chi connectivity index (χ1v) is 7.06. The molecule has 0 fully saturated rings. The Labute approximate surface area is 116 Å². The molecule has 0 unspecified atom stereocenters. The normalized spacial score (nSPS) is 13.8. The first-order valence-electron chi connectivity index (χ1n) is 7.06. The van der Waals surface area contributed by atoms with Crippen LogP contribution in [0.4, 0.5) is 0 Å². The summed E-state index contributed by atoms with van der Waals surface area (Å²) in [6.45, 7) is 23.7. The molecule has 0 aromatic carbocycles. The molecule has 0 radical (unpaired) electrons. The number of nitrogens with zero attached hydrogens (tertiary/aromatic N) is 2. The monoisotopic (exact) mass is 256 g/mol. The molecule has 0 rings (SSSR count). The predicted molar refractivity (Wildman–Crippen MR) is 83.3 cm³/mol. The lowest BCUT2D eigenvalue weighted by Gasteiger charge is -2.19. The van der Waals surface area contributed by atoms with E-state index in [9.17, 15) is 0 Å². The molecular weight excluding hydrogens is 220 g/mol. The second-order valence-corrected chi connectivity index (χ2v) is 8.70. The van der Waals surface area contributed by atoms with E-state index in [0.717, 1.165) is 5.92 Å². The fraction of sp³-hybridized carbons (Fsp3) is 1.00. The molecule has 2 nitrogen and oxygen atoms in total. The molecule has 0 heterocycles. The molecule has 0 aromatic rings. The molecule has 110 valence electrons. The summed E-state index contributed by atoms with van der Waals surface area (Å²) >= 11 is 0. The van der Waals surface area contributed by atoms with Crippen molar-refractivity contribution in [3.8, 4) is 0 Å². The molecule has 0 aliphatic carbocycles. The van der Waals surface area contributed by atoms with Gasteiger partial charge in [-0.05, 0) is 59.3 Å². The Morgan fingerprint density at radius 1 is 0.667 bits per heavy atom. The third kappa shape index (κ3) is 24.7. The van der Waals surface area contributed by atoms with Gasteiger partial charge in [0.25, 0.3) is 0 Å². The molecule has 0 N–H and O–H groups in total. The van der Waals surface area contributed by atoms with Gasteiger partial charge < -0.3 is 0 Å². The van der Waals surface area contributed by atoms with Crippen molar-refractivity contribution >= 4 is 0 Å². The van der Waals surface area contributed by atoms with E-state index >= 15 is 0 Å². The van der Waals surface area contributed by atoms with Gasteiger partial charge in [-0.25, -0.2) is 0 Å². The largest absolute Gasteiger partial charge is 0.188 e. The Morgan fingerprint density at radius 2 is 0.944 bits per heavy atom. The van der Waals surface area contributed by atoms with Gasteiger partial charge in [0.05, 0.1) is 11.1 Å². The van der Waals surface area contributed by atoms with Crippen molar-refractivity contribution in [2.45, 2.75) is 93.7 Å². The molecule has 18 heavy (non-hydrogen) atoms. The molecule has 0 spiro atoms. The molecule has 0 amide bonds. The summed E-state index contributed by atoms with van der Waals surface area (Å²) in [5, 5.41) is 8.31. The van der Waals surface area contributed by atoms with Gasteiger partial charge in [0, 0.05) is 0 Å². The summed E-state index contributed by atoms with van der Waals surface area (Å²) < 4.78 is 0. The Hall–Kier alpha value is -0.400. The average molecular weight is 256 g/mol. The number of hydrogen-bond donors (Lipinski definition) is 0. The molecule has 2 heteroatoms. The van der Waals surface area contributed by atoms with Crippen LogP contribution >= 0.6 is 0 Å². The van der Waals surface area contributed by atoms with Crippen LogP contribution in [0, 0.1) is 11.3 Å². The maximum atomic E-state index is 4.15. The van der Waals surface area contributed by atoms with Gasteiger partial charge in [0.15, 0.2) is 0 Å². The molecule has 0 aromatic heterocycles. The van der Waals surface area contributed by atoms with Gasteiger partial charge in [-0.1, -0.05) is 34.6 Å². The fourth-order valence-electron chi connectivity index (χ4n) is 1.52. The van der Waals surface area contributed by atoms with Crippen LogP contribution in [0.2, 0.25) is 0 Å². The van der Waals surface area contributed by atoms with Gasteiger partial charge in [0.2, 0.25) is 0 Å². The van der Waals surface area contributed by atoms with Crippen LogP contribution in [0.1, 0.15) is 82.6 Å². The highest BCUT2D eigenvalue weighted by Crippen LogP contribution is 2.23. The molecule has 0 saturated carbocycles. The molecule has 0 saturated heterocycles. The number of azo groups is 1. The average Bonchev–Trinajstić information content (AvgIpc) is 1.94. The van der Waals surface area contributed by atoms with E-state index in [2.05, 4.69) is 44.8 Å². The first-order chi connectivity index (χ1) is 7.62. The van der Waals surface area contributed by atoms with Crippen molar-refractivity contribution in [1.82, 2.24) is 0 Å². The maximum Gasteiger partial charge on any atom is 0.0732 e. The van der Waals surface area contributed by atoms with Gasteiger partial charge in [-0.3, -0.25) is 0 Å². The zero-order chi connectivity index (χ0) is 15.2. The Balaban J connectivity index is 0. The highest BCUT2D eigenvalue weighted by Gasteiger charge is 2.12. The Morgan fingerprint density at radius 3 is 1.00 bits per heavy atom. The highest BCUT2D eigenvalue weighted by atomic mass is 15.2. The fourth-order valence-corrected chi connectivity index (χ4v) is 1.52. The zero-order valence-corrected chi connectivity index (χ0v) is 14.7. The van der Waals surface area contributed by atoms with Crippen molar-refractivity contribution < 1.29 is 0 Å².